The van der Waals surface area contributed by atoms with Crippen LogP contribution in [0.2, 0.25) is 10.0 Å². The molecular weight excluding hydrogens is 323 g/mol. The van der Waals surface area contributed by atoms with E-state index < -0.39 is 5.97 Å². The van der Waals surface area contributed by atoms with Crippen LogP contribution in [0.5, 0.6) is 5.75 Å². The number of hydrogen-bond donors (Lipinski definition) is 0. The van der Waals surface area contributed by atoms with Gasteiger partial charge in [-0.1, -0.05) is 47.5 Å². The molecule has 2 rings (SSSR count). The van der Waals surface area contributed by atoms with Gasteiger partial charge in [0.05, 0.1) is 16.7 Å². The van der Waals surface area contributed by atoms with Gasteiger partial charge < -0.3 is 9.47 Å². The molecule has 0 aromatic heterocycles. The van der Waals surface area contributed by atoms with Gasteiger partial charge in [0.15, 0.2) is 0 Å². The van der Waals surface area contributed by atoms with Crippen molar-refractivity contribution in [1.29, 1.82) is 0 Å². The van der Waals surface area contributed by atoms with Gasteiger partial charge in [-0.2, -0.15) is 0 Å². The smallest absolute Gasteiger partial charge is 0.374 e. The van der Waals surface area contributed by atoms with Gasteiger partial charge in [0.1, 0.15) is 5.75 Å². The van der Waals surface area contributed by atoms with Crippen LogP contribution >= 0.6 is 23.2 Å². The van der Waals surface area contributed by atoms with Crippen molar-refractivity contribution in [2.24, 2.45) is 0 Å². The lowest BCUT2D eigenvalue weighted by atomic mass is 10.2. The van der Waals surface area contributed by atoms with Gasteiger partial charge in [-0.15, -0.1) is 0 Å². The van der Waals surface area contributed by atoms with Crippen LogP contribution in [-0.4, -0.2) is 12.6 Å². The first kappa shape index (κ1) is 16.4. The van der Waals surface area contributed by atoms with E-state index in [9.17, 15) is 4.79 Å². The van der Waals surface area contributed by atoms with Crippen molar-refractivity contribution in [2.75, 3.05) is 6.61 Å². The molecule has 0 radical (unpaired) electrons. The predicted molar refractivity (Wildman–Crippen MR) is 88.1 cm³/mol. The molecule has 3 nitrogen and oxygen atoms in total. The second-order valence-corrected chi connectivity index (χ2v) is 5.13. The third kappa shape index (κ3) is 4.52. The summed E-state index contributed by atoms with van der Waals surface area (Å²) in [6, 6.07) is 14.0. The van der Waals surface area contributed by atoms with Crippen LogP contribution in [0.25, 0.3) is 6.08 Å². The first-order chi connectivity index (χ1) is 10.6. The monoisotopic (exact) mass is 336 g/mol. The summed E-state index contributed by atoms with van der Waals surface area (Å²) in [5, 5.41) is 0.846. The Morgan fingerprint density at radius 2 is 1.82 bits per heavy atom. The fraction of sp³-hybridized carbons (Fsp3) is 0.118. The molecule has 0 spiro atoms. The summed E-state index contributed by atoms with van der Waals surface area (Å²) in [4.78, 5) is 12.0. The van der Waals surface area contributed by atoms with Gasteiger partial charge in [-0.25, -0.2) is 4.79 Å². The molecule has 0 atom stereocenters. The lowest BCUT2D eigenvalue weighted by molar-refractivity contribution is -0.140. The fourth-order valence-electron chi connectivity index (χ4n) is 1.70. The Morgan fingerprint density at radius 1 is 1.09 bits per heavy atom. The van der Waals surface area contributed by atoms with Crippen molar-refractivity contribution in [3.05, 3.63) is 69.9 Å². The Labute approximate surface area is 139 Å². The Hall–Kier alpha value is -1.97. The standard InChI is InChI=1S/C17H14Cl2O3/c1-2-21-17(20)16(22-13-6-4-3-5-7-13)11-12-8-9-14(18)15(19)10-12/h3-11H,2H2,1H3/b16-11-. The summed E-state index contributed by atoms with van der Waals surface area (Å²) < 4.78 is 10.6. The quantitative estimate of drug-likeness (QED) is 0.439. The second kappa shape index (κ2) is 7.87. The molecule has 2 aromatic rings. The molecule has 22 heavy (non-hydrogen) atoms. The second-order valence-electron chi connectivity index (χ2n) is 4.32. The molecule has 0 aliphatic carbocycles. The Morgan fingerprint density at radius 3 is 2.45 bits per heavy atom. The molecule has 0 heterocycles. The molecule has 5 heteroatoms. The summed E-state index contributed by atoms with van der Waals surface area (Å²) in [6.07, 6.45) is 1.56. The van der Waals surface area contributed by atoms with Crippen molar-refractivity contribution in [1.82, 2.24) is 0 Å². The van der Waals surface area contributed by atoms with Gasteiger partial charge in [0.2, 0.25) is 5.76 Å². The van der Waals surface area contributed by atoms with Gasteiger partial charge >= 0.3 is 5.97 Å². The average Bonchev–Trinajstić information content (AvgIpc) is 2.51. The lowest BCUT2D eigenvalue weighted by Crippen LogP contribution is -2.12. The highest BCUT2D eigenvalue weighted by Gasteiger charge is 2.14. The minimum atomic E-state index is -0.544. The van der Waals surface area contributed by atoms with E-state index in [0.717, 1.165) is 0 Å². The minimum absolute atomic E-state index is 0.0754. The molecule has 0 aliphatic rings. The normalized spacial score (nSPS) is 11.1. The van der Waals surface area contributed by atoms with Crippen molar-refractivity contribution >= 4 is 35.2 Å². The summed E-state index contributed by atoms with van der Waals surface area (Å²) >= 11 is 11.9. The molecule has 2 aromatic carbocycles. The number of benzene rings is 2. The lowest BCUT2D eigenvalue weighted by Gasteiger charge is -2.09. The number of para-hydroxylation sites is 1. The van der Waals surface area contributed by atoms with Crippen LogP contribution in [0.3, 0.4) is 0 Å². The van der Waals surface area contributed by atoms with E-state index in [-0.39, 0.29) is 12.4 Å². The van der Waals surface area contributed by atoms with Gasteiger partial charge in [0, 0.05) is 0 Å². The van der Waals surface area contributed by atoms with Gasteiger partial charge in [0.25, 0.3) is 0 Å². The van der Waals surface area contributed by atoms with Crippen LogP contribution in [-0.2, 0) is 9.53 Å². The highest BCUT2D eigenvalue weighted by molar-refractivity contribution is 6.42. The van der Waals surface area contributed by atoms with E-state index in [1.807, 2.05) is 18.2 Å². The van der Waals surface area contributed by atoms with Gasteiger partial charge in [-0.3, -0.25) is 0 Å². The van der Waals surface area contributed by atoms with Crippen molar-refractivity contribution in [2.45, 2.75) is 6.92 Å². The molecule has 0 aliphatic heterocycles. The molecular formula is C17H14Cl2O3. The molecule has 0 saturated carbocycles. The maximum atomic E-state index is 12.0. The van der Waals surface area contributed by atoms with Crippen LogP contribution < -0.4 is 4.74 Å². The summed E-state index contributed by atoms with van der Waals surface area (Å²) in [7, 11) is 0. The first-order valence-electron chi connectivity index (χ1n) is 6.67. The summed E-state index contributed by atoms with van der Waals surface area (Å²) in [5.41, 5.74) is 0.688. The Balaban J connectivity index is 2.32. The van der Waals surface area contributed by atoms with Crippen LogP contribution in [0.4, 0.5) is 0 Å². The molecule has 0 amide bonds. The molecule has 0 bridgehead atoms. The number of ether oxygens (including phenoxy) is 2. The van der Waals surface area contributed by atoms with E-state index >= 15 is 0 Å². The topological polar surface area (TPSA) is 35.5 Å². The van der Waals surface area contributed by atoms with E-state index in [0.29, 0.717) is 21.4 Å². The number of rotatable bonds is 5. The highest BCUT2D eigenvalue weighted by Crippen LogP contribution is 2.24. The number of esters is 1. The van der Waals surface area contributed by atoms with Crippen LogP contribution in [0.15, 0.2) is 54.3 Å². The molecule has 114 valence electrons. The zero-order chi connectivity index (χ0) is 15.9. The fourth-order valence-corrected chi connectivity index (χ4v) is 2.01. The average molecular weight is 337 g/mol. The van der Waals surface area contributed by atoms with Crippen molar-refractivity contribution in [3.63, 3.8) is 0 Å². The predicted octanol–water partition coefficient (Wildman–Crippen LogP) is 4.98. The highest BCUT2D eigenvalue weighted by atomic mass is 35.5. The van der Waals surface area contributed by atoms with E-state index in [4.69, 9.17) is 32.7 Å². The summed E-state index contributed by atoms with van der Waals surface area (Å²) in [6.45, 7) is 1.99. The Kier molecular flexibility index (Phi) is 5.87. The third-order valence-corrected chi connectivity index (χ3v) is 3.43. The minimum Gasteiger partial charge on any atom is -0.460 e. The number of halogens is 2. The number of carbonyl (C=O) groups excluding carboxylic acids is 1. The zero-order valence-electron chi connectivity index (χ0n) is 11.9. The van der Waals surface area contributed by atoms with E-state index in [1.54, 1.807) is 43.3 Å². The molecule has 0 unspecified atom stereocenters. The van der Waals surface area contributed by atoms with Crippen molar-refractivity contribution < 1.29 is 14.3 Å². The van der Waals surface area contributed by atoms with Gasteiger partial charge in [-0.05, 0) is 42.8 Å². The maximum Gasteiger partial charge on any atom is 0.374 e. The maximum absolute atomic E-state index is 12.0. The number of carbonyl (C=O) groups is 1. The zero-order valence-corrected chi connectivity index (χ0v) is 13.4. The molecule has 0 N–H and O–H groups in total. The van der Waals surface area contributed by atoms with E-state index in [1.165, 1.54) is 0 Å². The van der Waals surface area contributed by atoms with Crippen LogP contribution in [0.1, 0.15) is 12.5 Å². The van der Waals surface area contributed by atoms with Crippen LogP contribution in [0, 0.1) is 0 Å². The SMILES string of the molecule is CCOC(=O)/C(=C/c1ccc(Cl)c(Cl)c1)Oc1ccccc1. The third-order valence-electron chi connectivity index (χ3n) is 2.69. The first-order valence-corrected chi connectivity index (χ1v) is 7.42. The summed E-state index contributed by atoms with van der Waals surface area (Å²) in [5.74, 6) is 0.0747. The van der Waals surface area contributed by atoms with E-state index in [2.05, 4.69) is 0 Å². The number of hydrogen-bond acceptors (Lipinski definition) is 3. The molecule has 0 saturated heterocycles. The Bertz CT molecular complexity index is 682. The largest absolute Gasteiger partial charge is 0.460 e. The molecule has 0 fully saturated rings. The van der Waals surface area contributed by atoms with Crippen molar-refractivity contribution in [3.8, 4) is 5.75 Å².